The Kier molecular flexibility index (Phi) is 6.11. The summed E-state index contributed by atoms with van der Waals surface area (Å²) in [6, 6.07) is 0. The highest BCUT2D eigenvalue weighted by Crippen LogP contribution is 2.26. The highest BCUT2D eigenvalue weighted by molar-refractivity contribution is 5.88. The zero-order valence-electron chi connectivity index (χ0n) is 11.1. The van der Waals surface area contributed by atoms with Crippen LogP contribution in [0.5, 0.6) is 0 Å². The predicted octanol–water partition coefficient (Wildman–Crippen LogP) is 3.44. The first-order valence-corrected chi connectivity index (χ1v) is 6.07. The van der Waals surface area contributed by atoms with Crippen molar-refractivity contribution in [3.63, 3.8) is 0 Å². The molecule has 0 aliphatic heterocycles. The Balaban J connectivity index is 4.64. The topological polar surface area (TPSA) is 26.3 Å². The fourth-order valence-corrected chi connectivity index (χ4v) is 1.73. The second-order valence-electron chi connectivity index (χ2n) is 4.93. The molecule has 0 aliphatic carbocycles. The summed E-state index contributed by atoms with van der Waals surface area (Å²) >= 11 is 0. The van der Waals surface area contributed by atoms with E-state index in [0.29, 0.717) is 12.5 Å². The van der Waals surface area contributed by atoms with Crippen LogP contribution in [-0.4, -0.2) is 18.0 Å². The molecular weight excluding hydrogens is 188 g/mol. The third-order valence-corrected chi connectivity index (χ3v) is 2.81. The molecule has 0 spiro atoms. The molecule has 0 aromatic carbocycles. The third-order valence-electron chi connectivity index (χ3n) is 2.81. The molecule has 0 aromatic heterocycles. The number of ketones is 1. The van der Waals surface area contributed by atoms with Gasteiger partial charge in [0.05, 0.1) is 6.61 Å². The largest absolute Gasteiger partial charge is 0.367 e. The summed E-state index contributed by atoms with van der Waals surface area (Å²) in [5.74, 6) is 0.771. The van der Waals surface area contributed by atoms with E-state index >= 15 is 0 Å². The van der Waals surface area contributed by atoms with E-state index in [0.717, 1.165) is 12.8 Å². The molecule has 0 aliphatic rings. The van der Waals surface area contributed by atoms with E-state index in [-0.39, 0.29) is 11.7 Å². The van der Waals surface area contributed by atoms with Crippen LogP contribution in [0.1, 0.15) is 54.4 Å². The molecule has 0 saturated heterocycles. The van der Waals surface area contributed by atoms with Gasteiger partial charge in [0.25, 0.3) is 0 Å². The van der Waals surface area contributed by atoms with Gasteiger partial charge in [-0.15, -0.1) is 0 Å². The van der Waals surface area contributed by atoms with E-state index in [1.807, 2.05) is 27.7 Å². The molecule has 0 rings (SSSR count). The van der Waals surface area contributed by atoms with E-state index in [1.165, 1.54) is 0 Å². The van der Waals surface area contributed by atoms with Crippen molar-refractivity contribution in [2.75, 3.05) is 6.61 Å². The summed E-state index contributed by atoms with van der Waals surface area (Å²) in [6.45, 7) is 12.8. The minimum atomic E-state index is -0.543. The average molecular weight is 214 g/mol. The Morgan fingerprint density at radius 2 is 1.60 bits per heavy atom. The second kappa shape index (κ2) is 6.26. The van der Waals surface area contributed by atoms with Crippen molar-refractivity contribution in [3.8, 4) is 0 Å². The van der Waals surface area contributed by atoms with E-state index in [4.69, 9.17) is 4.74 Å². The van der Waals surface area contributed by atoms with Gasteiger partial charge in [0.2, 0.25) is 0 Å². The molecule has 0 fully saturated rings. The monoisotopic (exact) mass is 214 g/mol. The van der Waals surface area contributed by atoms with Gasteiger partial charge in [0, 0.05) is 5.92 Å². The number of hydrogen-bond donors (Lipinski definition) is 0. The van der Waals surface area contributed by atoms with Crippen LogP contribution in [0.15, 0.2) is 0 Å². The van der Waals surface area contributed by atoms with Gasteiger partial charge in [0.1, 0.15) is 5.60 Å². The summed E-state index contributed by atoms with van der Waals surface area (Å²) in [7, 11) is 0. The van der Waals surface area contributed by atoms with Gasteiger partial charge in [-0.3, -0.25) is 4.79 Å². The minimum absolute atomic E-state index is 0.0528. The molecule has 0 unspecified atom stereocenters. The van der Waals surface area contributed by atoms with Gasteiger partial charge in [-0.2, -0.15) is 0 Å². The molecule has 0 bridgehead atoms. The van der Waals surface area contributed by atoms with Crippen LogP contribution in [0.2, 0.25) is 0 Å². The molecule has 2 heteroatoms. The summed E-state index contributed by atoms with van der Waals surface area (Å²) in [5.41, 5.74) is -0.543. The maximum atomic E-state index is 12.1. The van der Waals surface area contributed by atoms with Crippen molar-refractivity contribution in [2.45, 2.75) is 60.0 Å². The molecule has 0 saturated carbocycles. The smallest absolute Gasteiger partial charge is 0.167 e. The molecule has 0 amide bonds. The standard InChI is InChI=1S/C13H26O2/c1-7-13(8-2,12(14)11(5)6)15-9-10(3)4/h10-11H,7-9H2,1-6H3. The predicted molar refractivity (Wildman–Crippen MR) is 63.9 cm³/mol. The first-order valence-electron chi connectivity index (χ1n) is 6.07. The second-order valence-corrected chi connectivity index (χ2v) is 4.93. The number of hydrogen-bond acceptors (Lipinski definition) is 2. The lowest BCUT2D eigenvalue weighted by atomic mass is 9.85. The van der Waals surface area contributed by atoms with Gasteiger partial charge >= 0.3 is 0 Å². The first-order chi connectivity index (χ1) is 6.89. The SMILES string of the molecule is CCC(CC)(OCC(C)C)C(=O)C(C)C. The highest BCUT2D eigenvalue weighted by atomic mass is 16.5. The molecule has 90 valence electrons. The maximum Gasteiger partial charge on any atom is 0.167 e. The minimum Gasteiger partial charge on any atom is -0.367 e. The van der Waals surface area contributed by atoms with Crippen LogP contribution >= 0.6 is 0 Å². The van der Waals surface area contributed by atoms with Gasteiger partial charge < -0.3 is 4.74 Å². The van der Waals surface area contributed by atoms with Crippen molar-refractivity contribution in [1.82, 2.24) is 0 Å². The zero-order chi connectivity index (χ0) is 12.1. The average Bonchev–Trinajstić information content (AvgIpc) is 2.19. The fraction of sp³-hybridized carbons (Fsp3) is 0.923. The summed E-state index contributed by atoms with van der Waals surface area (Å²) in [5, 5.41) is 0. The summed E-state index contributed by atoms with van der Waals surface area (Å²) < 4.78 is 5.86. The number of ether oxygens (including phenoxy) is 1. The van der Waals surface area contributed by atoms with Crippen LogP contribution in [0, 0.1) is 11.8 Å². The summed E-state index contributed by atoms with van der Waals surface area (Å²) in [6.07, 6.45) is 1.54. The van der Waals surface area contributed by atoms with E-state index in [2.05, 4.69) is 13.8 Å². The Bertz CT molecular complexity index is 191. The number of carbonyl (C=O) groups is 1. The van der Waals surface area contributed by atoms with Gasteiger partial charge in [0.15, 0.2) is 5.78 Å². The number of carbonyl (C=O) groups excluding carboxylic acids is 1. The Morgan fingerprint density at radius 1 is 1.13 bits per heavy atom. The van der Waals surface area contributed by atoms with Crippen LogP contribution in [0.4, 0.5) is 0 Å². The Hall–Kier alpha value is -0.370. The first kappa shape index (κ1) is 14.6. The Labute approximate surface area is 94.4 Å². The van der Waals surface area contributed by atoms with Gasteiger partial charge in [-0.05, 0) is 18.8 Å². The van der Waals surface area contributed by atoms with Crippen molar-refractivity contribution >= 4 is 5.78 Å². The fourth-order valence-electron chi connectivity index (χ4n) is 1.73. The van der Waals surface area contributed by atoms with E-state index in [1.54, 1.807) is 0 Å². The molecule has 0 atom stereocenters. The molecule has 15 heavy (non-hydrogen) atoms. The molecule has 0 aromatic rings. The van der Waals surface area contributed by atoms with Crippen molar-refractivity contribution in [3.05, 3.63) is 0 Å². The lowest BCUT2D eigenvalue weighted by Crippen LogP contribution is -2.43. The molecule has 2 nitrogen and oxygen atoms in total. The molecule has 0 radical (unpaired) electrons. The van der Waals surface area contributed by atoms with Gasteiger partial charge in [-0.1, -0.05) is 41.5 Å². The maximum absolute atomic E-state index is 12.1. The van der Waals surface area contributed by atoms with Crippen LogP contribution in [0.3, 0.4) is 0 Å². The normalized spacial score (nSPS) is 12.5. The Morgan fingerprint density at radius 3 is 1.87 bits per heavy atom. The van der Waals surface area contributed by atoms with Crippen molar-refractivity contribution in [2.24, 2.45) is 11.8 Å². The van der Waals surface area contributed by atoms with Crippen LogP contribution in [-0.2, 0) is 9.53 Å². The van der Waals surface area contributed by atoms with Crippen molar-refractivity contribution < 1.29 is 9.53 Å². The van der Waals surface area contributed by atoms with E-state index in [9.17, 15) is 4.79 Å². The molecule has 0 heterocycles. The van der Waals surface area contributed by atoms with Gasteiger partial charge in [-0.25, -0.2) is 0 Å². The lowest BCUT2D eigenvalue weighted by Gasteiger charge is -2.32. The zero-order valence-corrected chi connectivity index (χ0v) is 11.1. The molecular formula is C13H26O2. The number of Topliss-reactive ketones (excluding diaryl/α,β-unsaturated/α-hetero) is 1. The summed E-state index contributed by atoms with van der Waals surface area (Å²) in [4.78, 5) is 12.1. The number of rotatable bonds is 7. The van der Waals surface area contributed by atoms with E-state index < -0.39 is 5.60 Å². The lowest BCUT2D eigenvalue weighted by molar-refractivity contribution is -0.151. The highest BCUT2D eigenvalue weighted by Gasteiger charge is 2.37. The quantitative estimate of drug-likeness (QED) is 0.649. The third kappa shape index (κ3) is 3.94. The van der Waals surface area contributed by atoms with Crippen LogP contribution < -0.4 is 0 Å². The van der Waals surface area contributed by atoms with Crippen LogP contribution in [0.25, 0.3) is 0 Å². The van der Waals surface area contributed by atoms with Crippen molar-refractivity contribution in [1.29, 1.82) is 0 Å². The molecule has 0 N–H and O–H groups in total.